The summed E-state index contributed by atoms with van der Waals surface area (Å²) in [6.07, 6.45) is 7.35. The molecule has 1 atom stereocenters. The Kier molecular flexibility index (Phi) is 2.89. The average Bonchev–Trinajstić information content (AvgIpc) is 2.05. The molecule has 0 saturated carbocycles. The zero-order valence-electron chi connectivity index (χ0n) is 7.30. The molecule has 1 rings (SSSR count). The summed E-state index contributed by atoms with van der Waals surface area (Å²) in [6, 6.07) is 0. The van der Waals surface area contributed by atoms with Gasteiger partial charge in [-0.15, -0.1) is 0 Å². The highest BCUT2D eigenvalue weighted by Crippen LogP contribution is 2.21. The Hall–Kier alpha value is -0.560. The first-order valence-electron chi connectivity index (χ1n) is 4.31. The van der Waals surface area contributed by atoms with E-state index in [1.54, 1.807) is 0 Å². The van der Waals surface area contributed by atoms with Crippen molar-refractivity contribution >= 4 is 0 Å². The lowest BCUT2D eigenvalue weighted by Gasteiger charge is -2.14. The molecule has 0 saturated heterocycles. The first-order chi connectivity index (χ1) is 5.24. The topological polar surface area (TPSA) is 20.2 Å². The lowest BCUT2D eigenvalue weighted by Crippen LogP contribution is -2.05. The number of hydrogen-bond donors (Lipinski definition) is 1. The van der Waals surface area contributed by atoms with Crippen molar-refractivity contribution in [2.24, 2.45) is 0 Å². The van der Waals surface area contributed by atoms with Crippen LogP contribution in [0.1, 0.15) is 33.1 Å². The van der Waals surface area contributed by atoms with E-state index in [4.69, 9.17) is 0 Å². The quantitative estimate of drug-likeness (QED) is 0.644. The van der Waals surface area contributed by atoms with Crippen LogP contribution in [0.4, 0.5) is 0 Å². The average molecular weight is 152 g/mol. The molecule has 1 N–H and O–H groups in total. The third-order valence-electron chi connectivity index (χ3n) is 2.15. The molecule has 0 amide bonds. The highest BCUT2D eigenvalue weighted by atomic mass is 16.3. The van der Waals surface area contributed by atoms with Crippen LogP contribution in [0.2, 0.25) is 0 Å². The summed E-state index contributed by atoms with van der Waals surface area (Å²) in [4.78, 5) is 0. The predicted molar refractivity (Wildman–Crippen MR) is 47.4 cm³/mol. The highest BCUT2D eigenvalue weighted by Gasteiger charge is 2.07. The monoisotopic (exact) mass is 152 g/mol. The van der Waals surface area contributed by atoms with Crippen LogP contribution >= 0.6 is 0 Å². The van der Waals surface area contributed by atoms with Crippen molar-refractivity contribution in [1.82, 2.24) is 0 Å². The van der Waals surface area contributed by atoms with Gasteiger partial charge >= 0.3 is 0 Å². The second kappa shape index (κ2) is 3.72. The molecule has 1 aliphatic carbocycles. The Balaban J connectivity index is 2.68. The second-order valence-corrected chi connectivity index (χ2v) is 3.07. The molecule has 0 heterocycles. The zero-order valence-corrected chi connectivity index (χ0v) is 7.30. The molecule has 0 aromatic rings. The van der Waals surface area contributed by atoms with Crippen LogP contribution in [0.25, 0.3) is 0 Å². The SMILES string of the molecule is CCC1=CC(C(C)O)=CCC1. The maximum absolute atomic E-state index is 9.28. The Morgan fingerprint density at radius 2 is 2.36 bits per heavy atom. The van der Waals surface area contributed by atoms with Crippen LogP contribution in [0.15, 0.2) is 23.3 Å². The lowest BCUT2D eigenvalue weighted by atomic mass is 9.95. The van der Waals surface area contributed by atoms with E-state index in [-0.39, 0.29) is 6.10 Å². The van der Waals surface area contributed by atoms with Gasteiger partial charge in [-0.1, -0.05) is 24.6 Å². The van der Waals surface area contributed by atoms with Crippen molar-refractivity contribution < 1.29 is 5.11 Å². The van der Waals surface area contributed by atoms with E-state index in [0.29, 0.717) is 0 Å². The molecule has 0 aromatic carbocycles. The second-order valence-electron chi connectivity index (χ2n) is 3.07. The molecule has 0 aliphatic heterocycles. The smallest absolute Gasteiger partial charge is 0.0758 e. The van der Waals surface area contributed by atoms with Crippen molar-refractivity contribution in [2.75, 3.05) is 0 Å². The van der Waals surface area contributed by atoms with Gasteiger partial charge in [-0.05, 0) is 31.8 Å². The maximum Gasteiger partial charge on any atom is 0.0758 e. The molecule has 0 fully saturated rings. The molecule has 11 heavy (non-hydrogen) atoms. The maximum atomic E-state index is 9.28. The molecule has 0 radical (unpaired) electrons. The fourth-order valence-corrected chi connectivity index (χ4v) is 1.36. The Morgan fingerprint density at radius 1 is 1.64 bits per heavy atom. The standard InChI is InChI=1S/C10H16O/c1-3-9-5-4-6-10(7-9)8(2)11/h6-8,11H,3-5H2,1-2H3. The molecule has 1 heteroatoms. The van der Waals surface area contributed by atoms with Crippen LogP contribution in [0.5, 0.6) is 0 Å². The van der Waals surface area contributed by atoms with E-state index in [1.165, 1.54) is 12.0 Å². The third-order valence-corrected chi connectivity index (χ3v) is 2.15. The lowest BCUT2D eigenvalue weighted by molar-refractivity contribution is 0.234. The van der Waals surface area contributed by atoms with Crippen LogP contribution in [0.3, 0.4) is 0 Å². The van der Waals surface area contributed by atoms with Crippen molar-refractivity contribution in [3.05, 3.63) is 23.3 Å². The fraction of sp³-hybridized carbons (Fsp3) is 0.600. The minimum atomic E-state index is -0.295. The summed E-state index contributed by atoms with van der Waals surface area (Å²) in [5.41, 5.74) is 2.55. The van der Waals surface area contributed by atoms with Gasteiger partial charge in [-0.25, -0.2) is 0 Å². The summed E-state index contributed by atoms with van der Waals surface area (Å²) in [5, 5.41) is 9.28. The van der Waals surface area contributed by atoms with Crippen LogP contribution in [0, 0.1) is 0 Å². The van der Waals surface area contributed by atoms with Crippen LogP contribution in [-0.2, 0) is 0 Å². The fourth-order valence-electron chi connectivity index (χ4n) is 1.36. The molecule has 1 nitrogen and oxygen atoms in total. The van der Waals surface area contributed by atoms with E-state index in [9.17, 15) is 5.11 Å². The summed E-state index contributed by atoms with van der Waals surface area (Å²) < 4.78 is 0. The highest BCUT2D eigenvalue weighted by molar-refractivity contribution is 5.30. The van der Waals surface area contributed by atoms with Crippen molar-refractivity contribution in [2.45, 2.75) is 39.2 Å². The molecule has 1 unspecified atom stereocenters. The first kappa shape index (κ1) is 8.54. The minimum Gasteiger partial charge on any atom is -0.389 e. The normalized spacial score (nSPS) is 20.6. The molecule has 1 aliphatic rings. The summed E-state index contributed by atoms with van der Waals surface area (Å²) in [6.45, 7) is 3.98. The van der Waals surface area contributed by atoms with Gasteiger partial charge < -0.3 is 5.11 Å². The van der Waals surface area contributed by atoms with Crippen LogP contribution < -0.4 is 0 Å². The number of allylic oxidation sites excluding steroid dienone is 2. The first-order valence-corrected chi connectivity index (χ1v) is 4.31. The predicted octanol–water partition coefficient (Wildman–Crippen LogP) is 2.42. The molecular formula is C10H16O. The summed E-state index contributed by atoms with van der Waals surface area (Å²) >= 11 is 0. The van der Waals surface area contributed by atoms with Gasteiger partial charge in [0.1, 0.15) is 0 Å². The number of rotatable bonds is 2. The molecule has 62 valence electrons. The largest absolute Gasteiger partial charge is 0.389 e. The van der Waals surface area contributed by atoms with Crippen molar-refractivity contribution in [3.8, 4) is 0 Å². The molecule has 0 aromatic heterocycles. The zero-order chi connectivity index (χ0) is 8.27. The van der Waals surface area contributed by atoms with Gasteiger partial charge in [0.15, 0.2) is 0 Å². The van der Waals surface area contributed by atoms with Gasteiger partial charge in [-0.3, -0.25) is 0 Å². The van der Waals surface area contributed by atoms with Gasteiger partial charge in [0.05, 0.1) is 6.10 Å². The van der Waals surface area contributed by atoms with Gasteiger partial charge in [0.2, 0.25) is 0 Å². The Bertz CT molecular complexity index is 187. The van der Waals surface area contributed by atoms with E-state index in [1.807, 2.05) is 6.92 Å². The van der Waals surface area contributed by atoms with Crippen LogP contribution in [-0.4, -0.2) is 11.2 Å². The molecule has 0 bridgehead atoms. The van der Waals surface area contributed by atoms with Crippen molar-refractivity contribution in [1.29, 1.82) is 0 Å². The summed E-state index contributed by atoms with van der Waals surface area (Å²) in [5.74, 6) is 0. The Labute approximate surface area is 68.4 Å². The summed E-state index contributed by atoms with van der Waals surface area (Å²) in [7, 11) is 0. The van der Waals surface area contributed by atoms with E-state index in [0.717, 1.165) is 18.4 Å². The third kappa shape index (κ3) is 2.19. The minimum absolute atomic E-state index is 0.295. The van der Waals surface area contributed by atoms with Crippen molar-refractivity contribution in [3.63, 3.8) is 0 Å². The van der Waals surface area contributed by atoms with E-state index in [2.05, 4.69) is 19.1 Å². The Morgan fingerprint density at radius 3 is 2.91 bits per heavy atom. The molecule has 0 spiro atoms. The number of aliphatic hydroxyl groups excluding tert-OH is 1. The molecular weight excluding hydrogens is 136 g/mol. The van der Waals surface area contributed by atoms with Gasteiger partial charge in [0.25, 0.3) is 0 Å². The van der Waals surface area contributed by atoms with E-state index < -0.39 is 0 Å². The van der Waals surface area contributed by atoms with Gasteiger partial charge in [-0.2, -0.15) is 0 Å². The number of aliphatic hydroxyl groups is 1. The number of hydrogen-bond acceptors (Lipinski definition) is 1. The van der Waals surface area contributed by atoms with Gasteiger partial charge in [0, 0.05) is 0 Å². The van der Waals surface area contributed by atoms with E-state index >= 15 is 0 Å².